The summed E-state index contributed by atoms with van der Waals surface area (Å²) in [7, 11) is -3.92. The van der Waals surface area contributed by atoms with E-state index in [0.717, 1.165) is 7.11 Å². The molecule has 0 saturated heterocycles. The molecule has 3 radical (unpaired) electrons. The van der Waals surface area contributed by atoms with E-state index in [-0.39, 0.29) is 39.4 Å². The third-order valence-corrected chi connectivity index (χ3v) is 0.597. The molecule has 0 aromatic rings. The normalized spacial score (nSPS) is 7.20. The largest absolute Gasteiger partial charge is 1.00 e. The predicted octanol–water partition coefficient (Wildman–Crippen LogP) is -3.28. The van der Waals surface area contributed by atoms with Gasteiger partial charge in [-0.3, -0.25) is 0 Å². The van der Waals surface area contributed by atoms with Crippen LogP contribution in [0.15, 0.2) is 0 Å². The van der Waals surface area contributed by atoms with Crippen molar-refractivity contribution in [3.05, 3.63) is 0 Å². The van der Waals surface area contributed by atoms with Crippen LogP contribution in [0.1, 0.15) is 1.43 Å². The smallest absolute Gasteiger partial charge is 1.00 e. The summed E-state index contributed by atoms with van der Waals surface area (Å²) >= 11 is 0. The topological polar surface area (TPSA) is 67.2 Å². The van der Waals surface area contributed by atoms with Gasteiger partial charge >= 0.3 is 40.1 Å². The SMILES string of the molecule is C#N.COS(=O)(=O)F.[B].[H-].[Na+]. The van der Waals surface area contributed by atoms with Crippen molar-refractivity contribution in [2.75, 3.05) is 7.11 Å². The second-order valence-electron chi connectivity index (χ2n) is 0.560. The molecule has 0 unspecified atom stereocenters. The molecule has 0 aromatic heterocycles. The summed E-state index contributed by atoms with van der Waals surface area (Å²) in [5.41, 5.74) is 0. The second-order valence-corrected chi connectivity index (χ2v) is 1.68. The van der Waals surface area contributed by atoms with Gasteiger partial charge in [-0.05, 0) is 0 Å². The Balaban J connectivity index is -0.0000000222. The second kappa shape index (κ2) is 12.1. The van der Waals surface area contributed by atoms with Crippen molar-refractivity contribution in [2.24, 2.45) is 0 Å². The molecule has 0 bridgehead atoms. The minimum atomic E-state index is -4.66. The maximum absolute atomic E-state index is 10.9. The minimum absolute atomic E-state index is 0. The Bertz CT molecular complexity index is 162. The maximum atomic E-state index is 10.9. The summed E-state index contributed by atoms with van der Waals surface area (Å²) in [5, 5.41) is 6.50. The average molecular weight is 176 g/mol. The molecule has 0 spiro atoms. The zero-order valence-electron chi connectivity index (χ0n) is 6.61. The molecule has 0 rings (SSSR count). The maximum Gasteiger partial charge on any atom is 1.00 e. The van der Waals surface area contributed by atoms with Crippen LogP contribution < -0.4 is 29.6 Å². The van der Waals surface area contributed by atoms with Crippen molar-refractivity contribution >= 4 is 18.9 Å². The number of nitriles is 1. The Morgan fingerprint density at radius 3 is 1.70 bits per heavy atom. The van der Waals surface area contributed by atoms with E-state index < -0.39 is 10.5 Å². The van der Waals surface area contributed by atoms with Gasteiger partial charge < -0.3 is 1.43 Å². The van der Waals surface area contributed by atoms with Crippen molar-refractivity contribution in [1.29, 1.82) is 5.26 Å². The van der Waals surface area contributed by atoms with Crippen LogP contribution in [-0.2, 0) is 14.7 Å². The van der Waals surface area contributed by atoms with E-state index in [4.69, 9.17) is 13.7 Å². The molecule has 4 nitrogen and oxygen atoms in total. The van der Waals surface area contributed by atoms with Crippen LogP contribution in [-0.4, -0.2) is 23.9 Å². The summed E-state index contributed by atoms with van der Waals surface area (Å²) in [6, 6.07) is 0. The van der Waals surface area contributed by atoms with Crippen LogP contribution in [0.5, 0.6) is 0 Å². The van der Waals surface area contributed by atoms with Crippen molar-refractivity contribution in [2.45, 2.75) is 0 Å². The monoisotopic (exact) mass is 176 g/mol. The van der Waals surface area contributed by atoms with E-state index in [1.54, 1.807) is 0 Å². The average Bonchev–Trinajstić information content (AvgIpc) is 1.71. The first-order chi connectivity index (χ1) is 3.56. The summed E-state index contributed by atoms with van der Waals surface area (Å²) < 4.78 is 32.3. The molecule has 10 heavy (non-hydrogen) atoms. The molecular weight excluding hydrogens is 171 g/mol. The van der Waals surface area contributed by atoms with Gasteiger partial charge in [0.15, 0.2) is 0 Å². The number of nitrogens with zero attached hydrogens (tertiary/aromatic N) is 1. The first-order valence-corrected chi connectivity index (χ1v) is 2.63. The van der Waals surface area contributed by atoms with Gasteiger partial charge in [0.05, 0.1) is 7.11 Å². The van der Waals surface area contributed by atoms with E-state index in [9.17, 15) is 3.89 Å². The molecule has 0 aliphatic carbocycles. The van der Waals surface area contributed by atoms with Gasteiger partial charge in [-0.15, -0.1) is 0 Å². The van der Waals surface area contributed by atoms with Crippen molar-refractivity contribution in [3.63, 3.8) is 0 Å². The van der Waals surface area contributed by atoms with Gasteiger partial charge in [0.2, 0.25) is 0 Å². The fourth-order valence-electron chi connectivity index (χ4n) is 0. The van der Waals surface area contributed by atoms with Gasteiger partial charge in [-0.2, -0.15) is 8.42 Å². The number of rotatable bonds is 1. The predicted molar refractivity (Wildman–Crippen MR) is 30.6 cm³/mol. The Morgan fingerprint density at radius 1 is 1.60 bits per heavy atom. The number of halogens is 1. The van der Waals surface area contributed by atoms with Gasteiger partial charge in [0, 0.05) is 15.0 Å². The molecule has 0 aromatic carbocycles. The molecular formula is C2H5BFNNaO3S. The zero-order chi connectivity index (χ0) is 7.21. The fraction of sp³-hybridized carbons (Fsp3) is 0.500. The number of hydrogen-bond acceptors (Lipinski definition) is 4. The summed E-state index contributed by atoms with van der Waals surface area (Å²) in [6.07, 6.45) is 0. The third-order valence-electron chi connectivity index (χ3n) is 0.199. The van der Waals surface area contributed by atoms with Gasteiger partial charge in [0.1, 0.15) is 0 Å². The molecule has 8 heteroatoms. The molecule has 0 N–H and O–H groups in total. The molecule has 53 valence electrons. The molecule has 0 atom stereocenters. The van der Waals surface area contributed by atoms with Crippen LogP contribution >= 0.6 is 0 Å². The van der Waals surface area contributed by atoms with Crippen LogP contribution in [0.25, 0.3) is 0 Å². The molecule has 0 aliphatic rings. The molecule has 0 fully saturated rings. The Labute approximate surface area is 85.1 Å². The standard InChI is InChI=1S/CH3FO3S.CHN.B.Na.H/c1-5-6(2,3)4;1-2;;;/h1H3;1H;;;/q;;;+1;-1. The van der Waals surface area contributed by atoms with Crippen LogP contribution in [0.4, 0.5) is 3.89 Å². The van der Waals surface area contributed by atoms with Gasteiger partial charge in [-0.1, -0.05) is 3.89 Å². The number of hydrogen-bond donors (Lipinski definition) is 0. The van der Waals surface area contributed by atoms with E-state index in [1.165, 1.54) is 0 Å². The molecule has 0 saturated carbocycles. The van der Waals surface area contributed by atoms with E-state index in [0.29, 0.717) is 0 Å². The van der Waals surface area contributed by atoms with Crippen molar-refractivity contribution < 1.29 is 47.5 Å². The quantitative estimate of drug-likeness (QED) is 0.310. The van der Waals surface area contributed by atoms with Crippen LogP contribution in [0, 0.1) is 11.8 Å². The minimum Gasteiger partial charge on any atom is -1.00 e. The van der Waals surface area contributed by atoms with Gasteiger partial charge in [-0.25, -0.2) is 9.44 Å². The Morgan fingerprint density at radius 2 is 1.70 bits per heavy atom. The molecule has 0 aliphatic heterocycles. The first-order valence-electron chi connectivity index (χ1n) is 1.32. The summed E-state index contributed by atoms with van der Waals surface area (Å²) in [6.45, 7) is 3.50. The summed E-state index contributed by atoms with van der Waals surface area (Å²) in [5.74, 6) is 0. The van der Waals surface area contributed by atoms with E-state index in [1.807, 2.05) is 0 Å². The Kier molecular flexibility index (Phi) is 27.2. The third kappa shape index (κ3) is 39.8. The summed E-state index contributed by atoms with van der Waals surface area (Å²) in [4.78, 5) is 0. The van der Waals surface area contributed by atoms with Crippen molar-refractivity contribution in [1.82, 2.24) is 0 Å². The molecule has 0 amide bonds. The van der Waals surface area contributed by atoms with Crippen LogP contribution in [0.2, 0.25) is 0 Å². The molecule has 0 heterocycles. The fourth-order valence-corrected chi connectivity index (χ4v) is 0. The van der Waals surface area contributed by atoms with E-state index in [2.05, 4.69) is 10.8 Å². The van der Waals surface area contributed by atoms with Crippen molar-refractivity contribution in [3.8, 4) is 6.57 Å². The Hall–Kier alpha value is 0.395. The first kappa shape index (κ1) is 22.4. The van der Waals surface area contributed by atoms with Gasteiger partial charge in [0.25, 0.3) is 0 Å². The van der Waals surface area contributed by atoms with Crippen LogP contribution in [0.3, 0.4) is 0 Å². The van der Waals surface area contributed by atoms with E-state index >= 15 is 0 Å². The zero-order valence-corrected chi connectivity index (χ0v) is 8.43.